The quantitative estimate of drug-likeness (QED) is 0.838. The minimum atomic E-state index is -0.714. The third-order valence-corrected chi connectivity index (χ3v) is 7.35. The van der Waals surface area contributed by atoms with Crippen LogP contribution in [0.5, 0.6) is 0 Å². The summed E-state index contributed by atoms with van der Waals surface area (Å²) in [5.41, 5.74) is 6.31. The summed E-state index contributed by atoms with van der Waals surface area (Å²) >= 11 is 0. The largest absolute Gasteiger partial charge is 0.327 e. The van der Waals surface area contributed by atoms with Crippen molar-refractivity contribution in [3.05, 3.63) is 0 Å². The molecule has 0 amide bonds. The van der Waals surface area contributed by atoms with Gasteiger partial charge in [-0.2, -0.15) is 0 Å². The maximum atomic E-state index is 12.9. The Hall–Kier alpha value is 0.110. The average Bonchev–Trinajstić information content (AvgIpc) is 2.27. The first-order chi connectivity index (χ1) is 8.49. The van der Waals surface area contributed by atoms with E-state index in [2.05, 4.69) is 20.8 Å². The molecule has 2 nitrogen and oxygen atoms in total. The van der Waals surface area contributed by atoms with Crippen molar-refractivity contribution in [1.29, 1.82) is 0 Å². The zero-order valence-corrected chi connectivity index (χ0v) is 12.9. The summed E-state index contributed by atoms with van der Waals surface area (Å²) in [7, 11) is -0.714. The minimum absolute atomic E-state index is 0.154. The molecule has 0 saturated heterocycles. The van der Waals surface area contributed by atoms with Gasteiger partial charge in [-0.25, -0.2) is 0 Å². The molecular formula is C15H29NOS. The second-order valence-electron chi connectivity index (χ2n) is 6.90. The van der Waals surface area contributed by atoms with Crippen molar-refractivity contribution in [3.8, 4) is 0 Å². The molecule has 2 saturated carbocycles. The lowest BCUT2D eigenvalue weighted by Crippen LogP contribution is -2.49. The van der Waals surface area contributed by atoms with Crippen LogP contribution in [0.2, 0.25) is 0 Å². The lowest BCUT2D eigenvalue weighted by molar-refractivity contribution is 0.273. The summed E-state index contributed by atoms with van der Waals surface area (Å²) in [6.45, 7) is 6.83. The molecule has 106 valence electrons. The topological polar surface area (TPSA) is 43.1 Å². The van der Waals surface area contributed by atoms with Gasteiger partial charge >= 0.3 is 0 Å². The first-order valence-electron chi connectivity index (χ1n) is 7.64. The Morgan fingerprint density at radius 3 is 2.33 bits per heavy atom. The Kier molecular flexibility index (Phi) is 4.87. The minimum Gasteiger partial charge on any atom is -0.327 e. The van der Waals surface area contributed by atoms with Gasteiger partial charge in [-0.1, -0.05) is 33.6 Å². The van der Waals surface area contributed by atoms with Crippen LogP contribution in [0.15, 0.2) is 0 Å². The smallest absolute Gasteiger partial charge is 0.0527 e. The fourth-order valence-corrected chi connectivity index (χ4v) is 6.49. The Morgan fingerprint density at radius 2 is 1.72 bits per heavy atom. The monoisotopic (exact) mass is 271 g/mol. The van der Waals surface area contributed by atoms with Crippen molar-refractivity contribution in [2.45, 2.75) is 75.8 Å². The summed E-state index contributed by atoms with van der Waals surface area (Å²) in [5.74, 6) is 1.98. The Morgan fingerprint density at radius 1 is 1.00 bits per heavy atom. The molecule has 0 aromatic carbocycles. The molecule has 2 aliphatic rings. The Balaban J connectivity index is 2.03. The highest BCUT2D eigenvalue weighted by atomic mass is 32.2. The number of nitrogens with two attached hydrogens (primary N) is 1. The summed E-state index contributed by atoms with van der Waals surface area (Å²) in [4.78, 5) is 0. The van der Waals surface area contributed by atoms with Gasteiger partial charge in [-0.05, 0) is 43.4 Å². The van der Waals surface area contributed by atoms with Crippen LogP contribution in [0.25, 0.3) is 0 Å². The van der Waals surface area contributed by atoms with Gasteiger partial charge in [0.1, 0.15) is 0 Å². The highest BCUT2D eigenvalue weighted by molar-refractivity contribution is 7.86. The van der Waals surface area contributed by atoms with Crippen LogP contribution in [0, 0.1) is 17.8 Å². The summed E-state index contributed by atoms with van der Waals surface area (Å²) in [6, 6.07) is 0.154. The number of hydrogen-bond acceptors (Lipinski definition) is 2. The van der Waals surface area contributed by atoms with Crippen LogP contribution in [-0.2, 0) is 10.8 Å². The number of rotatable bonds is 2. The van der Waals surface area contributed by atoms with Crippen LogP contribution in [0.3, 0.4) is 0 Å². The van der Waals surface area contributed by atoms with Crippen LogP contribution in [0.1, 0.15) is 59.3 Å². The molecule has 2 rings (SSSR count). The third-order valence-electron chi connectivity index (χ3n) is 4.92. The molecule has 0 aliphatic heterocycles. The molecular weight excluding hydrogens is 242 g/mol. The predicted molar refractivity (Wildman–Crippen MR) is 78.9 cm³/mol. The molecule has 0 aromatic rings. The normalized spacial score (nSPS) is 47.8. The molecule has 7 unspecified atom stereocenters. The maximum Gasteiger partial charge on any atom is 0.0527 e. The molecule has 2 N–H and O–H groups in total. The van der Waals surface area contributed by atoms with E-state index >= 15 is 0 Å². The van der Waals surface area contributed by atoms with Gasteiger partial charge in [0.15, 0.2) is 0 Å². The van der Waals surface area contributed by atoms with Gasteiger partial charge in [0.05, 0.1) is 5.25 Å². The Labute approximate surface area is 115 Å². The second kappa shape index (κ2) is 6.04. The highest BCUT2D eigenvalue weighted by Crippen LogP contribution is 2.36. The van der Waals surface area contributed by atoms with Crippen molar-refractivity contribution in [2.75, 3.05) is 0 Å². The van der Waals surface area contributed by atoms with Crippen molar-refractivity contribution < 1.29 is 4.21 Å². The van der Waals surface area contributed by atoms with Crippen LogP contribution in [0.4, 0.5) is 0 Å². The zero-order chi connectivity index (χ0) is 13.3. The van der Waals surface area contributed by atoms with Gasteiger partial charge in [-0.15, -0.1) is 0 Å². The van der Waals surface area contributed by atoms with E-state index in [-0.39, 0.29) is 11.3 Å². The highest BCUT2D eigenvalue weighted by Gasteiger charge is 2.39. The van der Waals surface area contributed by atoms with Crippen molar-refractivity contribution in [3.63, 3.8) is 0 Å². The average molecular weight is 271 g/mol. The summed E-state index contributed by atoms with van der Waals surface area (Å²) < 4.78 is 12.9. The Bertz CT molecular complexity index is 295. The molecule has 0 radical (unpaired) electrons. The van der Waals surface area contributed by atoms with E-state index in [9.17, 15) is 4.21 Å². The molecule has 0 bridgehead atoms. The molecule has 0 aromatic heterocycles. The van der Waals surface area contributed by atoms with Gasteiger partial charge in [0.25, 0.3) is 0 Å². The van der Waals surface area contributed by atoms with Crippen LogP contribution in [-0.4, -0.2) is 20.8 Å². The van der Waals surface area contributed by atoms with Crippen LogP contribution >= 0.6 is 0 Å². The van der Waals surface area contributed by atoms with Crippen molar-refractivity contribution in [1.82, 2.24) is 0 Å². The van der Waals surface area contributed by atoms with Gasteiger partial charge in [0.2, 0.25) is 0 Å². The molecule has 3 heteroatoms. The predicted octanol–water partition coefficient (Wildman–Crippen LogP) is 3.08. The van der Waals surface area contributed by atoms with E-state index in [1.54, 1.807) is 0 Å². The molecule has 2 fully saturated rings. The first kappa shape index (κ1) is 14.5. The van der Waals surface area contributed by atoms with Gasteiger partial charge in [-0.3, -0.25) is 4.21 Å². The molecule has 18 heavy (non-hydrogen) atoms. The van der Waals surface area contributed by atoms with Crippen molar-refractivity contribution >= 4 is 10.8 Å². The van der Waals surface area contributed by atoms with E-state index in [0.29, 0.717) is 17.1 Å². The van der Waals surface area contributed by atoms with Crippen molar-refractivity contribution in [2.24, 2.45) is 23.5 Å². The van der Waals surface area contributed by atoms with E-state index in [1.807, 2.05) is 0 Å². The molecule has 0 spiro atoms. The van der Waals surface area contributed by atoms with Crippen LogP contribution < -0.4 is 5.73 Å². The van der Waals surface area contributed by atoms with E-state index in [0.717, 1.165) is 25.2 Å². The van der Waals surface area contributed by atoms with Gasteiger partial charge < -0.3 is 5.73 Å². The lowest BCUT2D eigenvalue weighted by atomic mass is 9.80. The molecule has 0 heterocycles. The second-order valence-corrected chi connectivity index (χ2v) is 8.77. The zero-order valence-electron chi connectivity index (χ0n) is 12.1. The first-order valence-corrected chi connectivity index (χ1v) is 8.91. The standard InChI is InChI=1S/C15H29NOS/c1-10-5-4-6-13(8-10)18(17)15-12(3)7-11(2)9-14(15)16/h10-15H,4-9,16H2,1-3H3. The fourth-order valence-electron chi connectivity index (χ4n) is 4.10. The SMILES string of the molecule is CC1CC(C)C(S(=O)C2CCCC(C)C2)C(N)C1. The fraction of sp³-hybridized carbons (Fsp3) is 1.00. The molecule has 7 atom stereocenters. The van der Waals surface area contributed by atoms with E-state index in [4.69, 9.17) is 5.73 Å². The summed E-state index contributed by atoms with van der Waals surface area (Å²) in [6.07, 6.45) is 7.14. The lowest BCUT2D eigenvalue weighted by Gasteiger charge is -2.40. The van der Waals surface area contributed by atoms with E-state index in [1.165, 1.54) is 19.3 Å². The number of hydrogen-bond donors (Lipinski definition) is 1. The van der Waals surface area contributed by atoms with Gasteiger partial charge in [0, 0.05) is 22.1 Å². The maximum absolute atomic E-state index is 12.9. The third kappa shape index (κ3) is 3.16. The molecule has 2 aliphatic carbocycles. The van der Waals surface area contributed by atoms with E-state index < -0.39 is 10.8 Å². The summed E-state index contributed by atoms with van der Waals surface area (Å²) in [5, 5.41) is 0.664.